The number of nitrogens with zero attached hydrogens (tertiary/aromatic N) is 2. The summed E-state index contributed by atoms with van der Waals surface area (Å²) in [4.78, 5) is 17.2. The van der Waals surface area contributed by atoms with Crippen molar-refractivity contribution in [1.29, 1.82) is 0 Å². The van der Waals surface area contributed by atoms with Crippen LogP contribution < -0.4 is 4.74 Å². The fraction of sp³-hybridized carbons (Fsp3) is 0.269. The van der Waals surface area contributed by atoms with E-state index in [0.717, 1.165) is 36.3 Å². The molecular weight excluding hydrogens is 479 g/mol. The zero-order valence-electron chi connectivity index (χ0n) is 18.4. The minimum Gasteiger partial charge on any atom is -0.487 e. The molecule has 0 aromatic heterocycles. The van der Waals surface area contributed by atoms with Crippen molar-refractivity contribution < 1.29 is 9.53 Å². The lowest BCUT2D eigenvalue weighted by Crippen LogP contribution is -2.48. The van der Waals surface area contributed by atoms with E-state index in [-0.39, 0.29) is 5.91 Å². The molecule has 1 heterocycles. The van der Waals surface area contributed by atoms with Crippen LogP contribution in [0, 0.1) is 6.92 Å². The van der Waals surface area contributed by atoms with Gasteiger partial charge in [-0.1, -0.05) is 59.1 Å². The molecule has 0 radical (unpaired) electrons. The van der Waals surface area contributed by atoms with Crippen molar-refractivity contribution in [2.45, 2.75) is 20.1 Å². The van der Waals surface area contributed by atoms with Crippen LogP contribution in [0.5, 0.6) is 5.75 Å². The molecule has 0 atom stereocenters. The third-order valence-electron chi connectivity index (χ3n) is 5.73. The quantitative estimate of drug-likeness (QED) is 0.385. The topological polar surface area (TPSA) is 32.8 Å². The van der Waals surface area contributed by atoms with Crippen LogP contribution in [-0.4, -0.2) is 41.9 Å². The normalized spacial score (nSPS) is 14.4. The van der Waals surface area contributed by atoms with Gasteiger partial charge >= 0.3 is 0 Å². The average Bonchev–Trinajstić information content (AvgIpc) is 2.82. The monoisotopic (exact) mass is 502 g/mol. The molecule has 1 aliphatic rings. The Balaban J connectivity index is 1.28. The Kier molecular flexibility index (Phi) is 7.82. The lowest BCUT2D eigenvalue weighted by Gasteiger charge is -2.34. The molecule has 1 aliphatic heterocycles. The van der Waals surface area contributed by atoms with Crippen LogP contribution in [0.4, 0.5) is 0 Å². The van der Waals surface area contributed by atoms with Gasteiger partial charge in [-0.15, -0.1) is 0 Å². The lowest BCUT2D eigenvalue weighted by atomic mass is 10.1. The Bertz CT molecular complexity index is 1130. The summed E-state index contributed by atoms with van der Waals surface area (Å²) >= 11 is 18.3. The molecule has 0 saturated carbocycles. The van der Waals surface area contributed by atoms with Crippen molar-refractivity contribution >= 4 is 40.7 Å². The maximum atomic E-state index is 12.9. The number of carbonyl (C=O) groups is 1. The minimum absolute atomic E-state index is 0.0541. The molecule has 33 heavy (non-hydrogen) atoms. The van der Waals surface area contributed by atoms with Gasteiger partial charge in [0.05, 0.1) is 15.1 Å². The van der Waals surface area contributed by atoms with Gasteiger partial charge in [-0.2, -0.15) is 0 Å². The van der Waals surface area contributed by atoms with Crippen LogP contribution in [0.15, 0.2) is 60.7 Å². The maximum Gasteiger partial charge on any atom is 0.253 e. The summed E-state index contributed by atoms with van der Waals surface area (Å²) in [7, 11) is 0. The number of aryl methyl sites for hydroxylation is 1. The Morgan fingerprint density at radius 3 is 2.18 bits per heavy atom. The van der Waals surface area contributed by atoms with E-state index in [1.165, 1.54) is 0 Å². The molecule has 1 amide bonds. The van der Waals surface area contributed by atoms with E-state index in [9.17, 15) is 4.79 Å². The lowest BCUT2D eigenvalue weighted by molar-refractivity contribution is 0.0628. The number of rotatable bonds is 6. The van der Waals surface area contributed by atoms with Crippen LogP contribution in [-0.2, 0) is 13.2 Å². The van der Waals surface area contributed by atoms with Crippen LogP contribution >= 0.6 is 34.8 Å². The second-order valence-corrected chi connectivity index (χ2v) is 9.46. The highest BCUT2D eigenvalue weighted by atomic mass is 35.5. The van der Waals surface area contributed by atoms with Gasteiger partial charge in [-0.05, 0) is 60.0 Å². The van der Waals surface area contributed by atoms with E-state index in [1.807, 2.05) is 72.5 Å². The van der Waals surface area contributed by atoms with E-state index in [2.05, 4.69) is 4.90 Å². The van der Waals surface area contributed by atoms with Crippen molar-refractivity contribution in [1.82, 2.24) is 9.80 Å². The molecule has 0 bridgehead atoms. The van der Waals surface area contributed by atoms with Crippen molar-refractivity contribution in [2.24, 2.45) is 0 Å². The fourth-order valence-corrected chi connectivity index (χ4v) is 4.31. The highest BCUT2D eigenvalue weighted by Crippen LogP contribution is 2.26. The second kappa shape index (κ2) is 10.8. The van der Waals surface area contributed by atoms with E-state index in [4.69, 9.17) is 39.5 Å². The fourth-order valence-electron chi connectivity index (χ4n) is 3.81. The molecule has 3 aromatic rings. The van der Waals surface area contributed by atoms with Gasteiger partial charge in [0.15, 0.2) is 0 Å². The van der Waals surface area contributed by atoms with Gasteiger partial charge in [0.2, 0.25) is 0 Å². The number of amides is 1. The third kappa shape index (κ3) is 6.21. The summed E-state index contributed by atoms with van der Waals surface area (Å²) in [6, 6.07) is 19.0. The smallest absolute Gasteiger partial charge is 0.253 e. The van der Waals surface area contributed by atoms with Crippen LogP contribution in [0.1, 0.15) is 27.0 Å². The first-order chi connectivity index (χ1) is 15.9. The molecule has 7 heteroatoms. The van der Waals surface area contributed by atoms with Gasteiger partial charge in [-0.3, -0.25) is 9.69 Å². The van der Waals surface area contributed by atoms with E-state index >= 15 is 0 Å². The van der Waals surface area contributed by atoms with E-state index in [0.29, 0.717) is 46.1 Å². The zero-order chi connectivity index (χ0) is 23.4. The maximum absolute atomic E-state index is 12.9. The SMILES string of the molecule is Cc1ccc(Cl)c(OCc2ccc(C(=O)N3CCN(Cc4ccc(Cl)c(Cl)c4)CC3)cc2)c1. The van der Waals surface area contributed by atoms with Crippen molar-refractivity contribution in [3.8, 4) is 5.75 Å². The molecular formula is C26H25Cl3N2O2. The van der Waals surface area contributed by atoms with Gasteiger partial charge in [0.1, 0.15) is 12.4 Å². The summed E-state index contributed by atoms with van der Waals surface area (Å²) < 4.78 is 5.85. The molecule has 0 N–H and O–H groups in total. The van der Waals surface area contributed by atoms with Gasteiger partial charge in [0, 0.05) is 38.3 Å². The van der Waals surface area contributed by atoms with Gasteiger partial charge < -0.3 is 9.64 Å². The molecule has 1 saturated heterocycles. The molecule has 0 unspecified atom stereocenters. The Morgan fingerprint density at radius 1 is 0.818 bits per heavy atom. The predicted molar refractivity (Wildman–Crippen MR) is 135 cm³/mol. The van der Waals surface area contributed by atoms with Crippen LogP contribution in [0.3, 0.4) is 0 Å². The average molecular weight is 504 g/mol. The number of benzene rings is 3. The van der Waals surface area contributed by atoms with Crippen LogP contribution in [0.25, 0.3) is 0 Å². The molecule has 0 aliphatic carbocycles. The first-order valence-corrected chi connectivity index (χ1v) is 12.0. The van der Waals surface area contributed by atoms with E-state index < -0.39 is 0 Å². The molecule has 4 nitrogen and oxygen atoms in total. The summed E-state index contributed by atoms with van der Waals surface area (Å²) in [5.74, 6) is 0.717. The van der Waals surface area contributed by atoms with E-state index in [1.54, 1.807) is 0 Å². The first kappa shape index (κ1) is 23.9. The highest BCUT2D eigenvalue weighted by molar-refractivity contribution is 6.42. The van der Waals surface area contributed by atoms with Gasteiger partial charge in [0.25, 0.3) is 5.91 Å². The summed E-state index contributed by atoms with van der Waals surface area (Å²) in [5, 5.41) is 1.72. The number of carbonyl (C=O) groups excluding carboxylic acids is 1. The van der Waals surface area contributed by atoms with Crippen molar-refractivity contribution in [3.05, 3.63) is 98.0 Å². The number of ether oxygens (including phenoxy) is 1. The predicted octanol–water partition coefficient (Wildman–Crippen LogP) is 6.49. The molecule has 172 valence electrons. The number of piperazine rings is 1. The Hall–Kier alpha value is -2.24. The molecule has 1 fully saturated rings. The summed E-state index contributed by atoms with van der Waals surface area (Å²) in [5.41, 5.74) is 3.88. The third-order valence-corrected chi connectivity index (χ3v) is 6.78. The zero-order valence-corrected chi connectivity index (χ0v) is 20.6. The highest BCUT2D eigenvalue weighted by Gasteiger charge is 2.22. The number of halogens is 3. The number of hydrogen-bond donors (Lipinski definition) is 0. The Morgan fingerprint density at radius 2 is 1.48 bits per heavy atom. The van der Waals surface area contributed by atoms with Crippen LogP contribution in [0.2, 0.25) is 15.1 Å². The summed E-state index contributed by atoms with van der Waals surface area (Å²) in [6.07, 6.45) is 0. The molecule has 4 rings (SSSR count). The molecule has 3 aromatic carbocycles. The minimum atomic E-state index is 0.0541. The van der Waals surface area contributed by atoms with Crippen molar-refractivity contribution in [3.63, 3.8) is 0 Å². The standard InChI is InChI=1S/C26H25Cl3N2O2/c1-18-2-8-23(28)25(14-18)33-17-19-3-6-21(7-4-19)26(32)31-12-10-30(11-13-31)16-20-5-9-22(27)24(29)15-20/h2-9,14-15H,10-13,16-17H2,1H3. The summed E-state index contributed by atoms with van der Waals surface area (Å²) in [6.45, 7) is 6.19. The Labute approximate surface area is 209 Å². The largest absolute Gasteiger partial charge is 0.487 e. The first-order valence-electron chi connectivity index (χ1n) is 10.8. The van der Waals surface area contributed by atoms with Gasteiger partial charge in [-0.25, -0.2) is 0 Å². The van der Waals surface area contributed by atoms with Crippen molar-refractivity contribution in [2.75, 3.05) is 26.2 Å². The number of hydrogen-bond acceptors (Lipinski definition) is 3. The molecule has 0 spiro atoms. The second-order valence-electron chi connectivity index (χ2n) is 8.24.